The van der Waals surface area contributed by atoms with Crippen molar-refractivity contribution in [1.82, 2.24) is 10.3 Å². The van der Waals surface area contributed by atoms with Gasteiger partial charge in [-0.3, -0.25) is 9.78 Å². The average Bonchev–Trinajstić information content (AvgIpc) is 2.29. The number of amides is 1. The number of carbonyl (C=O) groups excluding carboxylic acids is 1. The van der Waals surface area contributed by atoms with Crippen molar-refractivity contribution in [3.63, 3.8) is 0 Å². The zero-order valence-electron chi connectivity index (χ0n) is 9.83. The van der Waals surface area contributed by atoms with Gasteiger partial charge in [0.05, 0.1) is 11.3 Å². The summed E-state index contributed by atoms with van der Waals surface area (Å²) in [5.74, 6) is 0.839. The van der Waals surface area contributed by atoms with Crippen LogP contribution in [0.25, 0.3) is 0 Å². The number of hydrogen-bond acceptors (Lipinski definition) is 4. The van der Waals surface area contributed by atoms with Crippen LogP contribution in [0.1, 0.15) is 16.1 Å². The van der Waals surface area contributed by atoms with E-state index in [1.165, 1.54) is 0 Å². The van der Waals surface area contributed by atoms with E-state index in [2.05, 4.69) is 15.6 Å². The third-order valence-electron chi connectivity index (χ3n) is 2.15. The summed E-state index contributed by atoms with van der Waals surface area (Å²) in [6.07, 6.45) is 3.62. The highest BCUT2D eigenvalue weighted by Gasteiger charge is 2.10. The zero-order valence-corrected chi connectivity index (χ0v) is 10.6. The van der Waals surface area contributed by atoms with Gasteiger partial charge in [0, 0.05) is 31.2 Å². The van der Waals surface area contributed by atoms with Crippen LogP contribution in [-0.2, 0) is 0 Å². The van der Waals surface area contributed by atoms with E-state index in [-0.39, 0.29) is 5.91 Å². The van der Waals surface area contributed by atoms with E-state index in [0.717, 1.165) is 17.1 Å². The van der Waals surface area contributed by atoms with Crippen molar-refractivity contribution in [3.05, 3.63) is 23.5 Å². The molecule has 5 heteroatoms. The summed E-state index contributed by atoms with van der Waals surface area (Å²) < 4.78 is 0. The number of hydrogen-bond donors (Lipinski definition) is 2. The van der Waals surface area contributed by atoms with Crippen LogP contribution in [-0.4, -0.2) is 36.5 Å². The molecule has 2 N–H and O–H groups in total. The molecule has 1 aromatic heterocycles. The number of nitrogens with zero attached hydrogens (tertiary/aromatic N) is 1. The van der Waals surface area contributed by atoms with Gasteiger partial charge in [-0.15, -0.1) is 0 Å². The molecule has 0 aliphatic rings. The van der Waals surface area contributed by atoms with Crippen LogP contribution < -0.4 is 10.6 Å². The number of nitrogens with one attached hydrogen (secondary N) is 2. The molecule has 0 saturated heterocycles. The zero-order chi connectivity index (χ0) is 12.0. The molecular weight excluding hydrogens is 222 g/mol. The number of aromatic nitrogens is 1. The molecule has 0 saturated carbocycles. The Morgan fingerprint density at radius 3 is 2.94 bits per heavy atom. The lowest BCUT2D eigenvalue weighted by Crippen LogP contribution is -2.26. The molecule has 0 aliphatic carbocycles. The molecule has 1 heterocycles. The summed E-state index contributed by atoms with van der Waals surface area (Å²) >= 11 is 1.71. The summed E-state index contributed by atoms with van der Waals surface area (Å²) in [5, 5.41) is 5.86. The minimum Gasteiger partial charge on any atom is -0.387 e. The van der Waals surface area contributed by atoms with Gasteiger partial charge >= 0.3 is 0 Å². The number of pyridine rings is 1. The van der Waals surface area contributed by atoms with Crippen LogP contribution in [0.2, 0.25) is 0 Å². The molecule has 0 radical (unpaired) electrons. The van der Waals surface area contributed by atoms with Gasteiger partial charge in [-0.05, 0) is 19.2 Å². The van der Waals surface area contributed by atoms with Crippen LogP contribution in [0.5, 0.6) is 0 Å². The van der Waals surface area contributed by atoms with Crippen molar-refractivity contribution in [2.24, 2.45) is 0 Å². The van der Waals surface area contributed by atoms with Crippen LogP contribution in [0, 0.1) is 6.92 Å². The van der Waals surface area contributed by atoms with Gasteiger partial charge in [-0.2, -0.15) is 11.8 Å². The van der Waals surface area contributed by atoms with Gasteiger partial charge in [-0.1, -0.05) is 0 Å². The summed E-state index contributed by atoms with van der Waals surface area (Å²) in [4.78, 5) is 15.9. The van der Waals surface area contributed by atoms with Gasteiger partial charge in [-0.25, -0.2) is 0 Å². The predicted octanol–water partition coefficient (Wildman–Crippen LogP) is 1.52. The molecule has 0 bridgehead atoms. The first kappa shape index (κ1) is 12.8. The number of anilines is 1. The molecule has 0 unspecified atom stereocenters. The number of thioether (sulfide) groups is 1. The maximum absolute atomic E-state index is 11.8. The van der Waals surface area contributed by atoms with E-state index < -0.39 is 0 Å². The Morgan fingerprint density at radius 1 is 1.56 bits per heavy atom. The third-order valence-corrected chi connectivity index (χ3v) is 2.76. The first-order chi connectivity index (χ1) is 7.69. The van der Waals surface area contributed by atoms with Gasteiger partial charge < -0.3 is 10.6 Å². The minimum atomic E-state index is -0.0779. The third kappa shape index (κ3) is 3.41. The van der Waals surface area contributed by atoms with Crippen molar-refractivity contribution >= 4 is 23.4 Å². The Bertz CT molecular complexity index is 368. The Balaban J connectivity index is 2.74. The molecule has 88 valence electrons. The summed E-state index contributed by atoms with van der Waals surface area (Å²) in [6, 6.07) is 1.86. The maximum Gasteiger partial charge on any atom is 0.254 e. The molecule has 1 aromatic rings. The lowest BCUT2D eigenvalue weighted by molar-refractivity contribution is 0.0956. The molecule has 16 heavy (non-hydrogen) atoms. The standard InChI is InChI=1S/C11H17N3OS/c1-8-6-10(12-2)9(7-14-8)11(15)13-4-5-16-3/h6-7H,4-5H2,1-3H3,(H,12,14)(H,13,15). The van der Waals surface area contributed by atoms with Gasteiger partial charge in [0.15, 0.2) is 0 Å². The maximum atomic E-state index is 11.8. The summed E-state index contributed by atoms with van der Waals surface area (Å²) in [7, 11) is 1.80. The Hall–Kier alpha value is -1.23. The van der Waals surface area contributed by atoms with Gasteiger partial charge in [0.25, 0.3) is 5.91 Å². The van der Waals surface area contributed by atoms with Crippen LogP contribution in [0.4, 0.5) is 5.69 Å². The SMILES string of the molecule is CNc1cc(C)ncc1C(=O)NCCSC. The molecular formula is C11H17N3OS. The van der Waals surface area contributed by atoms with E-state index in [0.29, 0.717) is 12.1 Å². The number of rotatable bonds is 5. The van der Waals surface area contributed by atoms with Crippen LogP contribution >= 0.6 is 11.8 Å². The number of aryl methyl sites for hydroxylation is 1. The van der Waals surface area contributed by atoms with Crippen molar-refractivity contribution in [3.8, 4) is 0 Å². The monoisotopic (exact) mass is 239 g/mol. The molecule has 0 fully saturated rings. The highest BCUT2D eigenvalue weighted by atomic mass is 32.2. The van der Waals surface area contributed by atoms with E-state index >= 15 is 0 Å². The quantitative estimate of drug-likeness (QED) is 0.765. The van der Waals surface area contributed by atoms with E-state index in [9.17, 15) is 4.79 Å². The second-order valence-corrected chi connectivity index (χ2v) is 4.36. The topological polar surface area (TPSA) is 54.0 Å². The first-order valence-corrected chi connectivity index (χ1v) is 6.50. The average molecular weight is 239 g/mol. The molecule has 0 atom stereocenters. The van der Waals surface area contributed by atoms with E-state index in [1.54, 1.807) is 25.0 Å². The van der Waals surface area contributed by atoms with Crippen LogP contribution in [0.3, 0.4) is 0 Å². The molecule has 0 spiro atoms. The first-order valence-electron chi connectivity index (χ1n) is 5.10. The predicted molar refractivity (Wildman–Crippen MR) is 69.2 cm³/mol. The van der Waals surface area contributed by atoms with Crippen molar-refractivity contribution in [2.45, 2.75) is 6.92 Å². The Kier molecular flexibility index (Phi) is 5.11. The summed E-state index contributed by atoms with van der Waals surface area (Å²) in [5.41, 5.74) is 2.30. The Morgan fingerprint density at radius 2 is 2.31 bits per heavy atom. The largest absolute Gasteiger partial charge is 0.387 e. The molecule has 1 amide bonds. The van der Waals surface area contributed by atoms with Gasteiger partial charge in [0.2, 0.25) is 0 Å². The van der Waals surface area contributed by atoms with Crippen molar-refractivity contribution < 1.29 is 4.79 Å². The van der Waals surface area contributed by atoms with E-state index in [1.807, 2.05) is 19.2 Å². The highest BCUT2D eigenvalue weighted by molar-refractivity contribution is 7.98. The second-order valence-electron chi connectivity index (χ2n) is 3.37. The molecule has 4 nitrogen and oxygen atoms in total. The van der Waals surface area contributed by atoms with E-state index in [4.69, 9.17) is 0 Å². The molecule has 1 rings (SSSR count). The lowest BCUT2D eigenvalue weighted by atomic mass is 10.2. The van der Waals surface area contributed by atoms with Crippen LogP contribution in [0.15, 0.2) is 12.3 Å². The summed E-state index contributed by atoms with van der Waals surface area (Å²) in [6.45, 7) is 2.58. The fraction of sp³-hybridized carbons (Fsp3) is 0.455. The normalized spacial score (nSPS) is 9.94. The molecule has 0 aromatic carbocycles. The lowest BCUT2D eigenvalue weighted by Gasteiger charge is -2.09. The second kappa shape index (κ2) is 6.37. The fourth-order valence-electron chi connectivity index (χ4n) is 1.31. The minimum absolute atomic E-state index is 0.0779. The van der Waals surface area contributed by atoms with Crippen molar-refractivity contribution in [1.29, 1.82) is 0 Å². The number of carbonyl (C=O) groups is 1. The fourth-order valence-corrected chi connectivity index (χ4v) is 1.62. The van der Waals surface area contributed by atoms with Gasteiger partial charge in [0.1, 0.15) is 0 Å². The smallest absolute Gasteiger partial charge is 0.254 e. The highest BCUT2D eigenvalue weighted by Crippen LogP contribution is 2.14. The Labute approximate surface area is 100 Å². The molecule has 0 aliphatic heterocycles. The van der Waals surface area contributed by atoms with Crippen molar-refractivity contribution in [2.75, 3.05) is 30.9 Å².